The van der Waals surface area contributed by atoms with Crippen molar-refractivity contribution in [3.63, 3.8) is 0 Å². The Balaban J connectivity index is 2.27. The fourth-order valence-corrected chi connectivity index (χ4v) is 1.98. The van der Waals surface area contributed by atoms with Crippen molar-refractivity contribution in [3.8, 4) is 0 Å². The van der Waals surface area contributed by atoms with E-state index in [-0.39, 0.29) is 6.04 Å². The highest BCUT2D eigenvalue weighted by Crippen LogP contribution is 2.24. The topological polar surface area (TPSA) is 24.7 Å². The van der Waals surface area contributed by atoms with Crippen molar-refractivity contribution in [1.29, 1.82) is 0 Å². The molecule has 0 aromatic heterocycles. The molecule has 0 spiro atoms. The largest absolute Gasteiger partial charge is 0.280 e. The molecule has 2 rings (SSSR count). The molecule has 16 heavy (non-hydrogen) atoms. The third kappa shape index (κ3) is 2.27. The maximum atomic E-state index is 4.54. The average molecular weight is 212 g/mol. The van der Waals surface area contributed by atoms with E-state index in [1.165, 1.54) is 16.7 Å². The van der Waals surface area contributed by atoms with Crippen LogP contribution in [-0.2, 0) is 0 Å². The third-order valence-corrected chi connectivity index (χ3v) is 2.64. The summed E-state index contributed by atoms with van der Waals surface area (Å²) in [4.78, 5) is 8.78. The summed E-state index contributed by atoms with van der Waals surface area (Å²) in [6.07, 6.45) is 7.68. The molecule has 0 N–H and O–H groups in total. The first-order valence-corrected chi connectivity index (χ1v) is 5.49. The molecule has 1 aromatic carbocycles. The lowest BCUT2D eigenvalue weighted by Crippen LogP contribution is -1.97. The van der Waals surface area contributed by atoms with E-state index in [0.717, 1.165) is 5.69 Å². The molecular formula is C14H16N2. The normalized spacial score (nSPS) is 18.8. The predicted molar refractivity (Wildman–Crippen MR) is 70.2 cm³/mol. The molecule has 1 aliphatic heterocycles. The van der Waals surface area contributed by atoms with Gasteiger partial charge in [-0.15, -0.1) is 0 Å². The second kappa shape index (κ2) is 4.44. The van der Waals surface area contributed by atoms with Crippen LogP contribution in [-0.4, -0.2) is 18.5 Å². The number of allylic oxidation sites excluding steroid dienone is 1. The molecule has 2 nitrogen and oxygen atoms in total. The fourth-order valence-electron chi connectivity index (χ4n) is 1.98. The maximum Gasteiger partial charge on any atom is 0.103 e. The minimum Gasteiger partial charge on any atom is -0.280 e. The van der Waals surface area contributed by atoms with Crippen molar-refractivity contribution in [2.24, 2.45) is 9.98 Å². The highest BCUT2D eigenvalue weighted by atomic mass is 14.8. The SMILES string of the molecule is Cc1cc(C)c(N=CC2C=CC=N2)c(C)c1. The molecule has 0 bridgehead atoms. The first-order valence-electron chi connectivity index (χ1n) is 5.49. The van der Waals surface area contributed by atoms with Gasteiger partial charge in [0.25, 0.3) is 0 Å². The van der Waals surface area contributed by atoms with Crippen LogP contribution in [0, 0.1) is 20.8 Å². The van der Waals surface area contributed by atoms with Gasteiger partial charge in [-0.1, -0.05) is 23.8 Å². The number of nitrogens with zero attached hydrogens (tertiary/aromatic N) is 2. The van der Waals surface area contributed by atoms with E-state index in [4.69, 9.17) is 0 Å². The Labute approximate surface area is 96.4 Å². The van der Waals surface area contributed by atoms with Crippen LogP contribution in [0.2, 0.25) is 0 Å². The molecule has 2 heteroatoms. The monoisotopic (exact) mass is 212 g/mol. The maximum absolute atomic E-state index is 4.54. The van der Waals surface area contributed by atoms with Gasteiger partial charge < -0.3 is 0 Å². The van der Waals surface area contributed by atoms with E-state index >= 15 is 0 Å². The Morgan fingerprint density at radius 3 is 2.44 bits per heavy atom. The molecule has 0 amide bonds. The van der Waals surface area contributed by atoms with Gasteiger partial charge in [0.1, 0.15) is 6.04 Å². The lowest BCUT2D eigenvalue weighted by Gasteiger charge is -2.06. The van der Waals surface area contributed by atoms with Crippen LogP contribution in [0.5, 0.6) is 0 Å². The van der Waals surface area contributed by atoms with E-state index in [2.05, 4.69) is 42.9 Å². The van der Waals surface area contributed by atoms with Crippen molar-refractivity contribution in [1.82, 2.24) is 0 Å². The number of rotatable bonds is 2. The summed E-state index contributed by atoms with van der Waals surface area (Å²) in [6, 6.07) is 4.43. The number of hydrogen-bond acceptors (Lipinski definition) is 2. The van der Waals surface area contributed by atoms with E-state index in [9.17, 15) is 0 Å². The van der Waals surface area contributed by atoms with Crippen LogP contribution in [0.15, 0.2) is 34.3 Å². The highest BCUT2D eigenvalue weighted by molar-refractivity contribution is 5.83. The minimum absolute atomic E-state index is 0.111. The van der Waals surface area contributed by atoms with Crippen molar-refractivity contribution in [2.75, 3.05) is 0 Å². The number of hydrogen-bond donors (Lipinski definition) is 0. The Kier molecular flexibility index (Phi) is 3.00. The Bertz CT molecular complexity index is 447. The van der Waals surface area contributed by atoms with Crippen molar-refractivity contribution >= 4 is 18.1 Å². The summed E-state index contributed by atoms with van der Waals surface area (Å²) >= 11 is 0. The lowest BCUT2D eigenvalue weighted by molar-refractivity contribution is 1.13. The van der Waals surface area contributed by atoms with Gasteiger partial charge in [0, 0.05) is 12.4 Å². The summed E-state index contributed by atoms with van der Waals surface area (Å²) in [7, 11) is 0. The average Bonchev–Trinajstić information content (AvgIpc) is 2.68. The van der Waals surface area contributed by atoms with Crippen molar-refractivity contribution in [3.05, 3.63) is 41.0 Å². The Morgan fingerprint density at radius 1 is 1.19 bits per heavy atom. The van der Waals surface area contributed by atoms with Crippen LogP contribution < -0.4 is 0 Å². The van der Waals surface area contributed by atoms with Crippen LogP contribution in [0.25, 0.3) is 0 Å². The Hall–Kier alpha value is -1.70. The molecule has 1 aliphatic rings. The fraction of sp³-hybridized carbons (Fsp3) is 0.286. The number of benzene rings is 1. The molecule has 1 unspecified atom stereocenters. The minimum atomic E-state index is 0.111. The zero-order valence-electron chi connectivity index (χ0n) is 9.94. The molecule has 1 atom stereocenters. The number of aliphatic imine (C=N–C) groups is 2. The third-order valence-electron chi connectivity index (χ3n) is 2.64. The van der Waals surface area contributed by atoms with Gasteiger partial charge in [-0.2, -0.15) is 0 Å². The molecule has 82 valence electrons. The zero-order chi connectivity index (χ0) is 11.5. The summed E-state index contributed by atoms with van der Waals surface area (Å²) in [5, 5.41) is 0. The van der Waals surface area contributed by atoms with Crippen LogP contribution in [0.4, 0.5) is 5.69 Å². The standard InChI is InChI=1S/C14H16N2/c1-10-7-11(2)14(12(3)8-10)16-9-13-5-4-6-15-13/h4-9,13H,1-3H3. The second-order valence-corrected chi connectivity index (χ2v) is 4.20. The molecule has 0 fully saturated rings. The number of aryl methyl sites for hydroxylation is 3. The molecule has 0 saturated heterocycles. The van der Waals surface area contributed by atoms with E-state index in [0.29, 0.717) is 0 Å². The van der Waals surface area contributed by atoms with Crippen LogP contribution in [0.3, 0.4) is 0 Å². The quantitative estimate of drug-likeness (QED) is 0.672. The molecule has 0 saturated carbocycles. The van der Waals surface area contributed by atoms with Gasteiger partial charge in [0.15, 0.2) is 0 Å². The summed E-state index contributed by atoms with van der Waals surface area (Å²) in [5.74, 6) is 0. The van der Waals surface area contributed by atoms with Gasteiger partial charge in [-0.05, 0) is 38.0 Å². The summed E-state index contributed by atoms with van der Waals surface area (Å²) in [6.45, 7) is 6.30. The van der Waals surface area contributed by atoms with Crippen LogP contribution in [0.1, 0.15) is 16.7 Å². The van der Waals surface area contributed by atoms with Gasteiger partial charge in [-0.3, -0.25) is 9.98 Å². The van der Waals surface area contributed by atoms with Gasteiger partial charge in [-0.25, -0.2) is 0 Å². The molecular weight excluding hydrogens is 196 g/mol. The molecule has 1 heterocycles. The summed E-state index contributed by atoms with van der Waals surface area (Å²) < 4.78 is 0. The first kappa shape index (κ1) is 10.8. The molecule has 0 aliphatic carbocycles. The predicted octanol–water partition coefficient (Wildman–Crippen LogP) is 3.32. The lowest BCUT2D eigenvalue weighted by atomic mass is 10.1. The molecule has 0 radical (unpaired) electrons. The van der Waals surface area contributed by atoms with Gasteiger partial charge in [0.2, 0.25) is 0 Å². The van der Waals surface area contributed by atoms with E-state index in [1.807, 2.05) is 24.6 Å². The highest BCUT2D eigenvalue weighted by Gasteiger charge is 2.04. The smallest absolute Gasteiger partial charge is 0.103 e. The Morgan fingerprint density at radius 2 is 1.88 bits per heavy atom. The molecule has 1 aromatic rings. The second-order valence-electron chi connectivity index (χ2n) is 4.20. The van der Waals surface area contributed by atoms with Gasteiger partial charge >= 0.3 is 0 Å². The summed E-state index contributed by atoms with van der Waals surface area (Å²) in [5.41, 5.74) is 4.80. The zero-order valence-corrected chi connectivity index (χ0v) is 9.94. The van der Waals surface area contributed by atoms with Crippen LogP contribution >= 0.6 is 0 Å². The van der Waals surface area contributed by atoms with Gasteiger partial charge in [0.05, 0.1) is 5.69 Å². The van der Waals surface area contributed by atoms with E-state index < -0.39 is 0 Å². The first-order chi connectivity index (χ1) is 7.66. The van der Waals surface area contributed by atoms with Crippen molar-refractivity contribution < 1.29 is 0 Å². The van der Waals surface area contributed by atoms with E-state index in [1.54, 1.807) is 0 Å². The van der Waals surface area contributed by atoms with Crippen molar-refractivity contribution in [2.45, 2.75) is 26.8 Å².